The summed E-state index contributed by atoms with van der Waals surface area (Å²) in [6, 6.07) is 36.3. The molecule has 0 bridgehead atoms. The lowest BCUT2D eigenvalue weighted by atomic mass is 9.78. The standard InChI is InChI=1S/C39H27F3O2/c1-3-35(43)44-23-24-16-18-25(19-17-24)36-29-11-4-6-13-31(29)37(32-14-7-5-12-30(32)36)26-20-21-28-27-10-8-9-15-33(27)38(2,34(28)22-26)39(40,41)42/h3-22H,1,23H2,2H3. The largest absolute Gasteiger partial charge is 0.458 e. The second kappa shape index (κ2) is 10.2. The Morgan fingerprint density at radius 2 is 1.20 bits per heavy atom. The Hall–Kier alpha value is -5.16. The summed E-state index contributed by atoms with van der Waals surface area (Å²) in [5, 5.41) is 3.90. The molecule has 7 rings (SSSR count). The van der Waals surface area contributed by atoms with E-state index in [9.17, 15) is 18.0 Å². The molecule has 6 aromatic rings. The first kappa shape index (κ1) is 27.7. The molecule has 0 fully saturated rings. The molecule has 1 aliphatic carbocycles. The molecule has 0 amide bonds. The summed E-state index contributed by atoms with van der Waals surface area (Å²) in [4.78, 5) is 11.5. The van der Waals surface area contributed by atoms with Gasteiger partial charge in [-0.25, -0.2) is 4.79 Å². The Morgan fingerprint density at radius 3 is 1.77 bits per heavy atom. The van der Waals surface area contributed by atoms with Gasteiger partial charge in [0, 0.05) is 6.08 Å². The van der Waals surface area contributed by atoms with Gasteiger partial charge in [0.15, 0.2) is 0 Å². The molecule has 0 aromatic heterocycles. The highest BCUT2D eigenvalue weighted by Gasteiger charge is 2.58. The number of ether oxygens (including phenoxy) is 1. The van der Waals surface area contributed by atoms with Crippen LogP contribution in [0.2, 0.25) is 0 Å². The van der Waals surface area contributed by atoms with Gasteiger partial charge in [-0.05, 0) is 84.6 Å². The lowest BCUT2D eigenvalue weighted by Gasteiger charge is -2.30. The number of carbonyl (C=O) groups is 1. The number of hydrogen-bond acceptors (Lipinski definition) is 2. The highest BCUT2D eigenvalue weighted by Crippen LogP contribution is 2.57. The monoisotopic (exact) mass is 584 g/mol. The van der Waals surface area contributed by atoms with Gasteiger partial charge in [0.1, 0.15) is 12.0 Å². The molecule has 5 heteroatoms. The fraction of sp³-hybridized carbons (Fsp3) is 0.103. The third-order valence-corrected chi connectivity index (χ3v) is 8.89. The van der Waals surface area contributed by atoms with E-state index >= 15 is 0 Å². The Morgan fingerprint density at radius 1 is 0.705 bits per heavy atom. The quantitative estimate of drug-likeness (QED) is 0.114. The van der Waals surface area contributed by atoms with E-state index in [4.69, 9.17) is 4.74 Å². The van der Waals surface area contributed by atoms with E-state index in [1.54, 1.807) is 30.3 Å². The summed E-state index contributed by atoms with van der Waals surface area (Å²) in [7, 11) is 0. The molecule has 1 aliphatic rings. The van der Waals surface area contributed by atoms with Crippen molar-refractivity contribution in [3.63, 3.8) is 0 Å². The maximum atomic E-state index is 14.9. The normalized spacial score (nSPS) is 15.6. The van der Waals surface area contributed by atoms with Gasteiger partial charge in [-0.15, -0.1) is 0 Å². The van der Waals surface area contributed by atoms with Crippen LogP contribution in [0.15, 0.2) is 128 Å². The molecule has 6 aromatic carbocycles. The summed E-state index contributed by atoms with van der Waals surface area (Å²) >= 11 is 0. The van der Waals surface area contributed by atoms with E-state index in [2.05, 4.69) is 18.7 Å². The number of fused-ring (bicyclic) bond motifs is 5. The lowest BCUT2D eigenvalue weighted by molar-refractivity contribution is -0.172. The van der Waals surface area contributed by atoms with E-state index in [1.807, 2.05) is 72.8 Å². The smallest absolute Gasteiger partial charge is 0.402 e. The number of esters is 1. The summed E-state index contributed by atoms with van der Waals surface area (Å²) in [6.07, 6.45) is -3.34. The first-order valence-corrected chi connectivity index (χ1v) is 14.4. The van der Waals surface area contributed by atoms with Crippen molar-refractivity contribution in [3.8, 4) is 33.4 Å². The van der Waals surface area contributed by atoms with Crippen LogP contribution in [0.5, 0.6) is 0 Å². The van der Waals surface area contributed by atoms with E-state index in [0.717, 1.165) is 55.4 Å². The van der Waals surface area contributed by atoms with E-state index in [0.29, 0.717) is 11.1 Å². The first-order valence-electron chi connectivity index (χ1n) is 14.4. The van der Waals surface area contributed by atoms with Crippen LogP contribution in [0.25, 0.3) is 54.9 Å². The fourth-order valence-corrected chi connectivity index (χ4v) is 6.68. The van der Waals surface area contributed by atoms with Gasteiger partial charge in [0.05, 0.1) is 0 Å². The number of benzene rings is 6. The van der Waals surface area contributed by atoms with Crippen LogP contribution < -0.4 is 0 Å². The Labute approximate surface area is 253 Å². The third kappa shape index (κ3) is 4.15. The van der Waals surface area contributed by atoms with Gasteiger partial charge in [-0.3, -0.25) is 0 Å². The number of halogens is 3. The topological polar surface area (TPSA) is 26.3 Å². The Balaban J connectivity index is 1.45. The third-order valence-electron chi connectivity index (χ3n) is 8.89. The van der Waals surface area contributed by atoms with Gasteiger partial charge >= 0.3 is 12.1 Å². The average molecular weight is 585 g/mol. The molecule has 216 valence electrons. The van der Waals surface area contributed by atoms with Crippen molar-refractivity contribution in [2.75, 3.05) is 0 Å². The van der Waals surface area contributed by atoms with Crippen molar-refractivity contribution in [3.05, 3.63) is 145 Å². The number of alkyl halides is 3. The lowest BCUT2D eigenvalue weighted by Crippen LogP contribution is -2.38. The van der Waals surface area contributed by atoms with E-state index in [1.165, 1.54) is 6.92 Å². The van der Waals surface area contributed by atoms with Crippen molar-refractivity contribution in [1.29, 1.82) is 0 Å². The van der Waals surface area contributed by atoms with Gasteiger partial charge in [-0.2, -0.15) is 13.2 Å². The molecular formula is C39H27F3O2. The molecule has 0 saturated heterocycles. The summed E-state index contributed by atoms with van der Waals surface area (Å²) in [5.74, 6) is -0.479. The molecule has 2 nitrogen and oxygen atoms in total. The Bertz CT molecular complexity index is 2050. The molecule has 1 unspecified atom stereocenters. The van der Waals surface area contributed by atoms with Crippen LogP contribution in [0.1, 0.15) is 23.6 Å². The molecule has 0 saturated carbocycles. The highest BCUT2D eigenvalue weighted by molar-refractivity contribution is 6.21. The van der Waals surface area contributed by atoms with Crippen molar-refractivity contribution < 1.29 is 22.7 Å². The minimum atomic E-state index is -4.48. The predicted octanol–water partition coefficient (Wildman–Crippen LogP) is 10.4. The second-order valence-corrected chi connectivity index (χ2v) is 11.3. The maximum absolute atomic E-state index is 14.9. The van der Waals surface area contributed by atoms with Crippen molar-refractivity contribution in [2.24, 2.45) is 0 Å². The molecule has 44 heavy (non-hydrogen) atoms. The number of hydrogen-bond donors (Lipinski definition) is 0. The number of rotatable bonds is 5. The fourth-order valence-electron chi connectivity index (χ4n) is 6.68. The predicted molar refractivity (Wildman–Crippen MR) is 170 cm³/mol. The zero-order chi connectivity index (χ0) is 30.6. The van der Waals surface area contributed by atoms with Crippen molar-refractivity contribution >= 4 is 27.5 Å². The van der Waals surface area contributed by atoms with Crippen LogP contribution in [0, 0.1) is 0 Å². The first-order chi connectivity index (χ1) is 21.2. The minimum absolute atomic E-state index is 0.143. The maximum Gasteiger partial charge on any atom is 0.402 e. The minimum Gasteiger partial charge on any atom is -0.458 e. The SMILES string of the molecule is C=CC(=O)OCc1ccc(-c2c3ccccc3c(-c3ccc4c(c3)C(C)(C(F)(F)F)c3ccccc3-4)c3ccccc23)cc1. The second-order valence-electron chi connectivity index (χ2n) is 11.3. The van der Waals surface area contributed by atoms with Crippen LogP contribution in [-0.2, 0) is 21.6 Å². The van der Waals surface area contributed by atoms with E-state index < -0.39 is 17.6 Å². The molecule has 0 radical (unpaired) electrons. The molecular weight excluding hydrogens is 557 g/mol. The molecule has 0 N–H and O–H groups in total. The van der Waals surface area contributed by atoms with Gasteiger partial charge in [0.2, 0.25) is 0 Å². The van der Waals surface area contributed by atoms with E-state index in [-0.39, 0.29) is 17.7 Å². The van der Waals surface area contributed by atoms with Gasteiger partial charge < -0.3 is 4.74 Å². The summed E-state index contributed by atoms with van der Waals surface area (Å²) in [5.41, 5.74) is 4.18. The summed E-state index contributed by atoms with van der Waals surface area (Å²) in [6.45, 7) is 4.87. The molecule has 1 atom stereocenters. The van der Waals surface area contributed by atoms with Gasteiger partial charge in [-0.1, -0.05) is 116 Å². The Kier molecular flexibility index (Phi) is 6.43. The van der Waals surface area contributed by atoms with Crippen LogP contribution in [0.4, 0.5) is 13.2 Å². The zero-order valence-corrected chi connectivity index (χ0v) is 23.9. The molecule has 0 heterocycles. The molecule has 0 spiro atoms. The van der Waals surface area contributed by atoms with Crippen LogP contribution in [0.3, 0.4) is 0 Å². The van der Waals surface area contributed by atoms with Crippen LogP contribution >= 0.6 is 0 Å². The summed E-state index contributed by atoms with van der Waals surface area (Å²) < 4.78 is 49.9. The van der Waals surface area contributed by atoms with Crippen LogP contribution in [-0.4, -0.2) is 12.1 Å². The zero-order valence-electron chi connectivity index (χ0n) is 23.9. The highest BCUT2D eigenvalue weighted by atomic mass is 19.4. The molecule has 0 aliphatic heterocycles. The van der Waals surface area contributed by atoms with Gasteiger partial charge in [0.25, 0.3) is 0 Å². The number of carbonyl (C=O) groups excluding carboxylic acids is 1. The average Bonchev–Trinajstić information content (AvgIpc) is 3.31. The van der Waals surface area contributed by atoms with Crippen molar-refractivity contribution in [1.82, 2.24) is 0 Å². The van der Waals surface area contributed by atoms with Crippen molar-refractivity contribution in [2.45, 2.75) is 25.1 Å².